The number of ether oxygens (including phenoxy) is 2. The first-order chi connectivity index (χ1) is 9.02. The number of aliphatic hydroxyl groups excluding tert-OH is 1. The molecular weight excluding hydrogens is 246 g/mol. The minimum absolute atomic E-state index is 0.216. The summed E-state index contributed by atoms with van der Waals surface area (Å²) in [6, 6.07) is 3.75. The van der Waals surface area contributed by atoms with Crippen LogP contribution in [0.1, 0.15) is 11.1 Å². The van der Waals surface area contributed by atoms with E-state index in [-0.39, 0.29) is 25.7 Å². The first-order valence-corrected chi connectivity index (χ1v) is 6.18. The van der Waals surface area contributed by atoms with Crippen molar-refractivity contribution >= 4 is 11.6 Å². The highest BCUT2D eigenvalue weighted by atomic mass is 16.5. The number of aliphatic hydroxyl groups is 1. The minimum atomic E-state index is -0.816. The lowest BCUT2D eigenvalue weighted by atomic mass is 9.86. The Kier molecular flexibility index (Phi) is 3.78. The van der Waals surface area contributed by atoms with Crippen LogP contribution in [0.15, 0.2) is 12.1 Å². The van der Waals surface area contributed by atoms with Crippen LogP contribution in [0.2, 0.25) is 0 Å². The average Bonchev–Trinajstić information content (AvgIpc) is 2.33. The molecule has 1 fully saturated rings. The fraction of sp³-hybridized carbons (Fsp3) is 0.500. The summed E-state index contributed by atoms with van der Waals surface area (Å²) in [5, 5.41) is 12.2. The smallest absolute Gasteiger partial charge is 0.237 e. The summed E-state index contributed by atoms with van der Waals surface area (Å²) in [6.45, 7) is 4.24. The summed E-state index contributed by atoms with van der Waals surface area (Å²) in [7, 11) is 1.56. The molecule has 0 bridgehead atoms. The van der Waals surface area contributed by atoms with E-state index in [1.165, 1.54) is 0 Å². The predicted molar refractivity (Wildman–Crippen MR) is 71.4 cm³/mol. The lowest BCUT2D eigenvalue weighted by Crippen LogP contribution is -2.54. The van der Waals surface area contributed by atoms with Gasteiger partial charge in [0.15, 0.2) is 0 Å². The molecule has 1 aliphatic rings. The van der Waals surface area contributed by atoms with Gasteiger partial charge in [-0.05, 0) is 37.1 Å². The number of carbonyl (C=O) groups is 1. The highest BCUT2D eigenvalue weighted by molar-refractivity contribution is 5.97. The van der Waals surface area contributed by atoms with Crippen LogP contribution in [-0.2, 0) is 9.53 Å². The van der Waals surface area contributed by atoms with Crippen LogP contribution in [0.5, 0.6) is 5.75 Å². The Hall–Kier alpha value is -1.59. The normalized spacial score (nSPS) is 16.6. The highest BCUT2D eigenvalue weighted by Crippen LogP contribution is 2.32. The molecule has 2 N–H and O–H groups in total. The second kappa shape index (κ2) is 5.19. The number of anilines is 1. The van der Waals surface area contributed by atoms with E-state index in [0.717, 1.165) is 11.1 Å². The molecule has 0 aromatic heterocycles. The van der Waals surface area contributed by atoms with Crippen LogP contribution >= 0.6 is 0 Å². The summed E-state index contributed by atoms with van der Waals surface area (Å²) < 4.78 is 10.3. The van der Waals surface area contributed by atoms with Crippen LogP contribution in [0, 0.1) is 19.3 Å². The van der Waals surface area contributed by atoms with E-state index in [4.69, 9.17) is 9.47 Å². The summed E-state index contributed by atoms with van der Waals surface area (Å²) in [6.07, 6.45) is 0. The molecule has 1 heterocycles. The zero-order valence-corrected chi connectivity index (χ0v) is 11.4. The molecule has 19 heavy (non-hydrogen) atoms. The Morgan fingerprint density at radius 1 is 1.42 bits per heavy atom. The molecule has 5 nitrogen and oxygen atoms in total. The molecule has 0 saturated carbocycles. The fourth-order valence-corrected chi connectivity index (χ4v) is 1.95. The van der Waals surface area contributed by atoms with Gasteiger partial charge >= 0.3 is 0 Å². The average molecular weight is 265 g/mol. The number of methoxy groups -OCH3 is 1. The van der Waals surface area contributed by atoms with Crippen LogP contribution < -0.4 is 10.1 Å². The van der Waals surface area contributed by atoms with Gasteiger partial charge < -0.3 is 19.9 Å². The van der Waals surface area contributed by atoms with Gasteiger partial charge in [0.05, 0.1) is 32.6 Å². The van der Waals surface area contributed by atoms with E-state index in [0.29, 0.717) is 11.4 Å². The van der Waals surface area contributed by atoms with Gasteiger partial charge in [-0.3, -0.25) is 4.79 Å². The molecule has 0 atom stereocenters. The largest absolute Gasteiger partial charge is 0.495 e. The van der Waals surface area contributed by atoms with Crippen molar-refractivity contribution in [2.75, 3.05) is 32.2 Å². The Morgan fingerprint density at radius 3 is 2.53 bits per heavy atom. The Balaban J connectivity index is 2.23. The number of aryl methyl sites for hydroxylation is 2. The molecule has 1 aromatic carbocycles. The van der Waals surface area contributed by atoms with Crippen LogP contribution in [0.3, 0.4) is 0 Å². The first-order valence-electron chi connectivity index (χ1n) is 6.18. The molecule has 5 heteroatoms. The second-order valence-electron chi connectivity index (χ2n) is 5.02. The molecule has 0 radical (unpaired) electrons. The standard InChI is InChI=1S/C14H19NO4/c1-9-4-11(12(18-3)5-10(9)2)15-13(17)14(6-16)7-19-8-14/h4-5,16H,6-8H2,1-3H3,(H,15,17). The third kappa shape index (κ3) is 2.43. The zero-order chi connectivity index (χ0) is 14.0. The van der Waals surface area contributed by atoms with E-state index in [1.807, 2.05) is 26.0 Å². The SMILES string of the molecule is COc1cc(C)c(C)cc1NC(=O)C1(CO)COC1. The van der Waals surface area contributed by atoms with Gasteiger partial charge in [0.25, 0.3) is 0 Å². The molecule has 1 amide bonds. The van der Waals surface area contributed by atoms with Crippen molar-refractivity contribution < 1.29 is 19.4 Å². The van der Waals surface area contributed by atoms with Crippen molar-refractivity contribution in [2.24, 2.45) is 5.41 Å². The summed E-state index contributed by atoms with van der Waals surface area (Å²) >= 11 is 0. The number of nitrogens with one attached hydrogen (secondary N) is 1. The Morgan fingerprint density at radius 2 is 2.05 bits per heavy atom. The molecule has 0 spiro atoms. The van der Waals surface area contributed by atoms with Gasteiger partial charge in [-0.1, -0.05) is 0 Å². The number of hydrogen-bond donors (Lipinski definition) is 2. The predicted octanol–water partition coefficient (Wildman–Crippen LogP) is 1.26. The second-order valence-corrected chi connectivity index (χ2v) is 5.02. The monoisotopic (exact) mass is 265 g/mol. The van der Waals surface area contributed by atoms with Gasteiger partial charge in [-0.25, -0.2) is 0 Å². The van der Waals surface area contributed by atoms with Crippen molar-refractivity contribution in [1.29, 1.82) is 0 Å². The molecule has 1 aromatic rings. The fourth-order valence-electron chi connectivity index (χ4n) is 1.95. The first kappa shape index (κ1) is 13.8. The van der Waals surface area contributed by atoms with Crippen molar-refractivity contribution in [1.82, 2.24) is 0 Å². The van der Waals surface area contributed by atoms with Gasteiger partial charge in [-0.15, -0.1) is 0 Å². The van der Waals surface area contributed by atoms with E-state index in [1.54, 1.807) is 7.11 Å². The van der Waals surface area contributed by atoms with Gasteiger partial charge in [-0.2, -0.15) is 0 Å². The lowest BCUT2D eigenvalue weighted by molar-refractivity contribution is -0.164. The van der Waals surface area contributed by atoms with Crippen molar-refractivity contribution in [2.45, 2.75) is 13.8 Å². The van der Waals surface area contributed by atoms with Crippen molar-refractivity contribution in [3.05, 3.63) is 23.3 Å². The van der Waals surface area contributed by atoms with Crippen LogP contribution in [0.4, 0.5) is 5.69 Å². The molecule has 0 unspecified atom stereocenters. The molecule has 1 aliphatic heterocycles. The number of amides is 1. The van der Waals surface area contributed by atoms with Gasteiger partial charge in [0.1, 0.15) is 11.2 Å². The molecule has 104 valence electrons. The minimum Gasteiger partial charge on any atom is -0.495 e. The maximum absolute atomic E-state index is 12.2. The van der Waals surface area contributed by atoms with E-state index in [2.05, 4.69) is 5.32 Å². The zero-order valence-electron chi connectivity index (χ0n) is 11.4. The summed E-state index contributed by atoms with van der Waals surface area (Å²) in [5.41, 5.74) is 1.97. The highest BCUT2D eigenvalue weighted by Gasteiger charge is 2.45. The maximum atomic E-state index is 12.2. The maximum Gasteiger partial charge on any atom is 0.237 e. The molecule has 0 aliphatic carbocycles. The van der Waals surface area contributed by atoms with Gasteiger partial charge in [0.2, 0.25) is 5.91 Å². The molecular formula is C14H19NO4. The third-order valence-corrected chi connectivity index (χ3v) is 3.61. The number of hydrogen-bond acceptors (Lipinski definition) is 4. The quantitative estimate of drug-likeness (QED) is 0.860. The van der Waals surface area contributed by atoms with E-state index in [9.17, 15) is 9.90 Å². The molecule has 1 saturated heterocycles. The number of benzene rings is 1. The molecule has 2 rings (SSSR count). The van der Waals surface area contributed by atoms with Crippen molar-refractivity contribution in [3.8, 4) is 5.75 Å². The number of carbonyl (C=O) groups excluding carboxylic acids is 1. The Labute approximate surface area is 112 Å². The van der Waals surface area contributed by atoms with E-state index < -0.39 is 5.41 Å². The lowest BCUT2D eigenvalue weighted by Gasteiger charge is -2.38. The van der Waals surface area contributed by atoms with E-state index >= 15 is 0 Å². The third-order valence-electron chi connectivity index (χ3n) is 3.61. The topological polar surface area (TPSA) is 67.8 Å². The Bertz CT molecular complexity index is 489. The van der Waals surface area contributed by atoms with Crippen LogP contribution in [-0.4, -0.2) is 37.9 Å². The number of rotatable bonds is 4. The summed E-state index contributed by atoms with van der Waals surface area (Å²) in [4.78, 5) is 12.2. The summed E-state index contributed by atoms with van der Waals surface area (Å²) in [5.74, 6) is 0.382. The van der Waals surface area contributed by atoms with Gasteiger partial charge in [0, 0.05) is 0 Å². The van der Waals surface area contributed by atoms with Crippen molar-refractivity contribution in [3.63, 3.8) is 0 Å². The van der Waals surface area contributed by atoms with Crippen LogP contribution in [0.25, 0.3) is 0 Å².